The molecular weight excluding hydrogens is 394 g/mol. The van der Waals surface area contributed by atoms with Crippen LogP contribution in [0.15, 0.2) is 47.5 Å². The van der Waals surface area contributed by atoms with E-state index in [0.29, 0.717) is 53.7 Å². The van der Waals surface area contributed by atoms with Gasteiger partial charge in [-0.05, 0) is 42.8 Å². The number of hydrogen-bond donors (Lipinski definition) is 0. The lowest BCUT2D eigenvalue weighted by molar-refractivity contribution is -0.132. The van der Waals surface area contributed by atoms with Crippen molar-refractivity contribution in [1.29, 1.82) is 0 Å². The van der Waals surface area contributed by atoms with Gasteiger partial charge in [-0.15, -0.1) is 0 Å². The molecular formula is C21H20ClN3O4. The maximum Gasteiger partial charge on any atom is 0.261 e. The fraction of sp³-hybridized carbons (Fsp3) is 0.286. The van der Waals surface area contributed by atoms with E-state index in [9.17, 15) is 9.59 Å². The summed E-state index contributed by atoms with van der Waals surface area (Å²) in [5.74, 6) is 1.22. The molecule has 0 spiro atoms. The highest BCUT2D eigenvalue weighted by molar-refractivity contribution is 6.31. The Labute approximate surface area is 172 Å². The third-order valence-electron chi connectivity index (χ3n) is 4.81. The van der Waals surface area contributed by atoms with Gasteiger partial charge in [0.2, 0.25) is 5.91 Å². The second-order valence-electron chi connectivity index (χ2n) is 6.73. The first-order chi connectivity index (χ1) is 14.0. The van der Waals surface area contributed by atoms with Gasteiger partial charge in [-0.25, -0.2) is 4.98 Å². The average Bonchev–Trinajstić information content (AvgIpc) is 2.74. The van der Waals surface area contributed by atoms with Crippen molar-refractivity contribution in [1.82, 2.24) is 14.5 Å². The Bertz CT molecular complexity index is 1130. The molecule has 0 bridgehead atoms. The maximum atomic E-state index is 12.8. The van der Waals surface area contributed by atoms with Crippen LogP contribution < -0.4 is 15.0 Å². The summed E-state index contributed by atoms with van der Waals surface area (Å²) in [6.45, 7) is 3.77. The van der Waals surface area contributed by atoms with Gasteiger partial charge in [0.15, 0.2) is 11.5 Å². The molecule has 150 valence electrons. The highest BCUT2D eigenvalue weighted by atomic mass is 35.5. The van der Waals surface area contributed by atoms with Crippen molar-refractivity contribution in [3.8, 4) is 11.5 Å². The normalized spacial score (nSPS) is 12.8. The molecule has 7 nitrogen and oxygen atoms in total. The Hall–Kier alpha value is -3.06. The fourth-order valence-corrected chi connectivity index (χ4v) is 3.44. The highest BCUT2D eigenvalue weighted by Gasteiger charge is 2.17. The van der Waals surface area contributed by atoms with E-state index in [2.05, 4.69) is 4.98 Å². The monoisotopic (exact) mass is 413 g/mol. The number of rotatable bonds is 5. The van der Waals surface area contributed by atoms with E-state index in [1.807, 2.05) is 25.1 Å². The first-order valence-corrected chi connectivity index (χ1v) is 9.74. The van der Waals surface area contributed by atoms with Crippen LogP contribution in [0, 0.1) is 0 Å². The molecule has 0 N–H and O–H groups in total. The van der Waals surface area contributed by atoms with Gasteiger partial charge in [0.25, 0.3) is 5.56 Å². The number of ether oxygens (including phenoxy) is 2. The van der Waals surface area contributed by atoms with Gasteiger partial charge in [0.1, 0.15) is 19.8 Å². The second kappa shape index (κ2) is 8.13. The molecule has 29 heavy (non-hydrogen) atoms. The van der Waals surface area contributed by atoms with E-state index in [4.69, 9.17) is 21.1 Å². The summed E-state index contributed by atoms with van der Waals surface area (Å²) in [5, 5.41) is 0.844. The molecule has 1 aliphatic rings. The van der Waals surface area contributed by atoms with Crippen molar-refractivity contribution in [3.05, 3.63) is 63.7 Å². The summed E-state index contributed by atoms with van der Waals surface area (Å²) in [5.41, 5.74) is 1.19. The molecule has 1 aliphatic heterocycles. The zero-order valence-corrected chi connectivity index (χ0v) is 16.7. The number of amides is 1. The van der Waals surface area contributed by atoms with E-state index in [1.54, 1.807) is 23.1 Å². The summed E-state index contributed by atoms with van der Waals surface area (Å²) >= 11 is 5.99. The minimum Gasteiger partial charge on any atom is -0.486 e. The van der Waals surface area contributed by atoms with Gasteiger partial charge in [-0.1, -0.05) is 17.7 Å². The number of likely N-dealkylation sites (N-methyl/N-ethyl adjacent to an activating group) is 1. The molecule has 1 amide bonds. The summed E-state index contributed by atoms with van der Waals surface area (Å²) < 4.78 is 12.5. The predicted molar refractivity (Wildman–Crippen MR) is 110 cm³/mol. The van der Waals surface area contributed by atoms with Gasteiger partial charge in [-0.3, -0.25) is 14.2 Å². The van der Waals surface area contributed by atoms with Crippen LogP contribution in [0.3, 0.4) is 0 Å². The Morgan fingerprint density at radius 3 is 2.76 bits per heavy atom. The first-order valence-electron chi connectivity index (χ1n) is 9.36. The Morgan fingerprint density at radius 2 is 1.97 bits per heavy atom. The molecule has 2 aromatic carbocycles. The summed E-state index contributed by atoms with van der Waals surface area (Å²) in [7, 11) is 0. The van der Waals surface area contributed by atoms with Crippen molar-refractivity contribution in [2.24, 2.45) is 0 Å². The minimum atomic E-state index is -0.291. The summed E-state index contributed by atoms with van der Waals surface area (Å²) in [6, 6.07) is 10.6. The molecule has 0 saturated carbocycles. The van der Waals surface area contributed by atoms with Crippen LogP contribution in [0.4, 0.5) is 0 Å². The molecule has 0 aliphatic carbocycles. The van der Waals surface area contributed by atoms with Crippen LogP contribution in [0.2, 0.25) is 5.02 Å². The van der Waals surface area contributed by atoms with Crippen LogP contribution in [0.1, 0.15) is 12.5 Å². The number of aromatic nitrogens is 2. The van der Waals surface area contributed by atoms with Crippen molar-refractivity contribution >= 4 is 28.4 Å². The quantitative estimate of drug-likeness (QED) is 0.643. The number of carbonyl (C=O) groups is 1. The molecule has 0 fully saturated rings. The molecule has 0 saturated heterocycles. The lowest BCUT2D eigenvalue weighted by atomic mass is 10.1. The van der Waals surface area contributed by atoms with Gasteiger partial charge in [-0.2, -0.15) is 0 Å². The SMILES string of the molecule is CCN(Cc1ccc2c(c1)OCCO2)C(=O)Cn1cnc2ccc(Cl)cc2c1=O. The van der Waals surface area contributed by atoms with E-state index < -0.39 is 0 Å². The number of fused-ring (bicyclic) bond motifs is 2. The molecule has 2 heterocycles. The predicted octanol–water partition coefficient (Wildman–Crippen LogP) is 2.87. The Kier molecular flexibility index (Phi) is 5.40. The molecule has 0 atom stereocenters. The molecule has 3 aromatic rings. The maximum absolute atomic E-state index is 12.8. The lowest BCUT2D eigenvalue weighted by Crippen LogP contribution is -2.36. The number of benzene rings is 2. The highest BCUT2D eigenvalue weighted by Crippen LogP contribution is 2.31. The fourth-order valence-electron chi connectivity index (χ4n) is 3.27. The molecule has 4 rings (SSSR count). The topological polar surface area (TPSA) is 73.7 Å². The third kappa shape index (κ3) is 4.05. The van der Waals surface area contributed by atoms with Crippen molar-refractivity contribution in [2.45, 2.75) is 20.0 Å². The average molecular weight is 414 g/mol. The van der Waals surface area contributed by atoms with Crippen LogP contribution in [0.5, 0.6) is 11.5 Å². The Balaban J connectivity index is 1.53. The second-order valence-corrected chi connectivity index (χ2v) is 7.16. The number of nitrogens with zero attached hydrogens (tertiary/aromatic N) is 3. The number of halogens is 1. The van der Waals surface area contributed by atoms with Crippen LogP contribution in [-0.2, 0) is 17.9 Å². The molecule has 1 aromatic heterocycles. The van der Waals surface area contributed by atoms with E-state index in [0.717, 1.165) is 5.56 Å². The van der Waals surface area contributed by atoms with Gasteiger partial charge < -0.3 is 14.4 Å². The first kappa shape index (κ1) is 19.3. The van der Waals surface area contributed by atoms with Crippen molar-refractivity contribution in [3.63, 3.8) is 0 Å². The smallest absolute Gasteiger partial charge is 0.261 e. The third-order valence-corrected chi connectivity index (χ3v) is 5.04. The zero-order valence-electron chi connectivity index (χ0n) is 15.9. The van der Waals surface area contributed by atoms with Crippen molar-refractivity contribution in [2.75, 3.05) is 19.8 Å². The molecule has 0 unspecified atom stereocenters. The van der Waals surface area contributed by atoms with Crippen LogP contribution >= 0.6 is 11.6 Å². The van der Waals surface area contributed by atoms with E-state index in [-0.39, 0.29) is 18.0 Å². The lowest BCUT2D eigenvalue weighted by Gasteiger charge is -2.23. The standard InChI is InChI=1S/C21H20ClN3O4/c1-2-24(11-14-3-6-18-19(9-14)29-8-7-28-18)20(26)12-25-13-23-17-5-4-15(22)10-16(17)21(25)27/h3-6,9-10,13H,2,7-8,11-12H2,1H3. The number of hydrogen-bond acceptors (Lipinski definition) is 5. The van der Waals surface area contributed by atoms with Crippen LogP contribution in [0.25, 0.3) is 10.9 Å². The zero-order chi connectivity index (χ0) is 20.4. The van der Waals surface area contributed by atoms with Crippen LogP contribution in [-0.4, -0.2) is 40.1 Å². The van der Waals surface area contributed by atoms with Gasteiger partial charge in [0.05, 0.1) is 17.2 Å². The minimum absolute atomic E-state index is 0.0906. The summed E-state index contributed by atoms with van der Waals surface area (Å²) in [4.78, 5) is 31.5. The van der Waals surface area contributed by atoms with Gasteiger partial charge in [0, 0.05) is 18.1 Å². The summed E-state index contributed by atoms with van der Waals surface area (Å²) in [6.07, 6.45) is 1.40. The molecule has 8 heteroatoms. The Morgan fingerprint density at radius 1 is 1.17 bits per heavy atom. The van der Waals surface area contributed by atoms with E-state index in [1.165, 1.54) is 10.9 Å². The van der Waals surface area contributed by atoms with Crippen molar-refractivity contribution < 1.29 is 14.3 Å². The largest absolute Gasteiger partial charge is 0.486 e. The number of carbonyl (C=O) groups excluding carboxylic acids is 1. The molecule has 0 radical (unpaired) electrons. The van der Waals surface area contributed by atoms with E-state index >= 15 is 0 Å². The van der Waals surface area contributed by atoms with Gasteiger partial charge >= 0.3 is 0 Å².